The molecule has 1 aliphatic carbocycles. The number of carbonyl (C=O) groups is 1. The number of rotatable bonds is 4. The molecule has 1 aromatic rings. The van der Waals surface area contributed by atoms with E-state index in [1.54, 1.807) is 0 Å². The third kappa shape index (κ3) is 2.24. The second-order valence-electron chi connectivity index (χ2n) is 4.06. The Kier molecular flexibility index (Phi) is 2.68. The molecule has 1 saturated carbocycles. The van der Waals surface area contributed by atoms with Crippen LogP contribution in [0.1, 0.15) is 23.2 Å². The van der Waals surface area contributed by atoms with Gasteiger partial charge in [0, 0.05) is 26.4 Å². The van der Waals surface area contributed by atoms with Crippen molar-refractivity contribution in [2.24, 2.45) is 0 Å². The Morgan fingerprint density at radius 2 is 2.25 bits per heavy atom. The topological polar surface area (TPSA) is 62.7 Å². The Morgan fingerprint density at radius 1 is 1.56 bits per heavy atom. The van der Waals surface area contributed by atoms with Gasteiger partial charge in [-0.1, -0.05) is 0 Å². The summed E-state index contributed by atoms with van der Waals surface area (Å²) in [4.78, 5) is 16.7. The van der Waals surface area contributed by atoms with Crippen molar-refractivity contribution >= 4 is 11.8 Å². The van der Waals surface area contributed by atoms with Crippen LogP contribution in [0.2, 0.25) is 0 Å². The fraction of sp³-hybridized carbons (Fsp3) is 0.455. The number of carboxylic acids is 1. The van der Waals surface area contributed by atoms with Gasteiger partial charge in [-0.3, -0.25) is 0 Å². The van der Waals surface area contributed by atoms with Gasteiger partial charge in [-0.25, -0.2) is 9.78 Å². The lowest BCUT2D eigenvalue weighted by Gasteiger charge is -2.16. The van der Waals surface area contributed by atoms with Crippen molar-refractivity contribution in [1.29, 1.82) is 0 Å². The fourth-order valence-corrected chi connectivity index (χ4v) is 1.34. The van der Waals surface area contributed by atoms with Crippen LogP contribution < -0.4 is 9.64 Å². The van der Waals surface area contributed by atoms with Crippen LogP contribution in [0, 0.1) is 0 Å². The SMILES string of the molecule is CN(C)c1ncc(C(=O)O)cc1OC1CC1. The molecule has 0 amide bonds. The molecule has 86 valence electrons. The number of nitrogens with zero attached hydrogens (tertiary/aromatic N) is 2. The van der Waals surface area contributed by atoms with E-state index in [0.717, 1.165) is 12.8 Å². The van der Waals surface area contributed by atoms with E-state index in [-0.39, 0.29) is 11.7 Å². The first-order chi connectivity index (χ1) is 7.58. The van der Waals surface area contributed by atoms with Crippen LogP contribution in [0.15, 0.2) is 12.3 Å². The standard InChI is InChI=1S/C11H14N2O3/c1-13(2)10-9(16-8-3-4-8)5-7(6-12-10)11(14)15/h5-6,8H,3-4H2,1-2H3,(H,14,15). The summed E-state index contributed by atoms with van der Waals surface area (Å²) in [5.41, 5.74) is 0.154. The van der Waals surface area contributed by atoms with Gasteiger partial charge in [-0.2, -0.15) is 0 Å². The molecule has 5 nitrogen and oxygen atoms in total. The Bertz CT molecular complexity index is 414. The van der Waals surface area contributed by atoms with Crippen LogP contribution in [0.3, 0.4) is 0 Å². The van der Waals surface area contributed by atoms with Crippen molar-refractivity contribution < 1.29 is 14.6 Å². The molecule has 0 bridgehead atoms. The van der Waals surface area contributed by atoms with Crippen molar-refractivity contribution in [3.05, 3.63) is 17.8 Å². The summed E-state index contributed by atoms with van der Waals surface area (Å²) in [7, 11) is 3.70. The quantitative estimate of drug-likeness (QED) is 0.834. The number of carboxylic acid groups (broad SMARTS) is 1. The lowest BCUT2D eigenvalue weighted by atomic mass is 10.2. The Morgan fingerprint density at radius 3 is 2.75 bits per heavy atom. The zero-order chi connectivity index (χ0) is 11.7. The molecule has 2 rings (SSSR count). The smallest absolute Gasteiger partial charge is 0.337 e. The third-order valence-electron chi connectivity index (χ3n) is 2.32. The minimum absolute atomic E-state index is 0.154. The molecule has 0 saturated heterocycles. The van der Waals surface area contributed by atoms with E-state index in [2.05, 4.69) is 4.98 Å². The highest BCUT2D eigenvalue weighted by Gasteiger charge is 2.25. The van der Waals surface area contributed by atoms with Crippen molar-refractivity contribution in [3.8, 4) is 5.75 Å². The summed E-state index contributed by atoms with van der Waals surface area (Å²) >= 11 is 0. The van der Waals surface area contributed by atoms with Crippen molar-refractivity contribution in [3.63, 3.8) is 0 Å². The molecule has 0 atom stereocenters. The van der Waals surface area contributed by atoms with Gasteiger partial charge in [-0.15, -0.1) is 0 Å². The predicted octanol–water partition coefficient (Wildman–Crippen LogP) is 1.39. The van der Waals surface area contributed by atoms with E-state index in [4.69, 9.17) is 9.84 Å². The lowest BCUT2D eigenvalue weighted by Crippen LogP contribution is -2.14. The molecule has 5 heteroatoms. The molecule has 0 aliphatic heterocycles. The van der Waals surface area contributed by atoms with Crippen LogP contribution in [0.5, 0.6) is 5.75 Å². The average molecular weight is 222 g/mol. The largest absolute Gasteiger partial charge is 0.487 e. The highest BCUT2D eigenvalue weighted by molar-refractivity contribution is 5.88. The monoisotopic (exact) mass is 222 g/mol. The van der Waals surface area contributed by atoms with Crippen molar-refractivity contribution in [2.45, 2.75) is 18.9 Å². The van der Waals surface area contributed by atoms with Crippen LogP contribution in [-0.4, -0.2) is 36.3 Å². The highest BCUT2D eigenvalue weighted by atomic mass is 16.5. The third-order valence-corrected chi connectivity index (χ3v) is 2.32. The van der Waals surface area contributed by atoms with Crippen molar-refractivity contribution in [1.82, 2.24) is 4.98 Å². The maximum atomic E-state index is 10.8. The molecule has 1 fully saturated rings. The van der Waals surface area contributed by atoms with Crippen LogP contribution >= 0.6 is 0 Å². The number of aromatic nitrogens is 1. The molecular weight excluding hydrogens is 208 g/mol. The average Bonchev–Trinajstić information content (AvgIpc) is 3.01. The van der Waals surface area contributed by atoms with Gasteiger partial charge in [0.2, 0.25) is 0 Å². The van der Waals surface area contributed by atoms with E-state index in [1.807, 2.05) is 19.0 Å². The van der Waals surface area contributed by atoms with E-state index < -0.39 is 5.97 Å². The van der Waals surface area contributed by atoms with Crippen molar-refractivity contribution in [2.75, 3.05) is 19.0 Å². The number of anilines is 1. The van der Waals surface area contributed by atoms with E-state index in [0.29, 0.717) is 11.6 Å². The number of hydrogen-bond acceptors (Lipinski definition) is 4. The Hall–Kier alpha value is -1.78. The normalized spacial score (nSPS) is 14.6. The summed E-state index contributed by atoms with van der Waals surface area (Å²) in [6.45, 7) is 0. The second-order valence-corrected chi connectivity index (χ2v) is 4.06. The molecule has 1 aromatic heterocycles. The summed E-state index contributed by atoms with van der Waals surface area (Å²) < 4.78 is 5.64. The second kappa shape index (κ2) is 4.00. The summed E-state index contributed by atoms with van der Waals surface area (Å²) in [6, 6.07) is 1.53. The Balaban J connectivity index is 2.33. The minimum atomic E-state index is -0.988. The first-order valence-electron chi connectivity index (χ1n) is 5.15. The first-order valence-corrected chi connectivity index (χ1v) is 5.15. The van der Waals surface area contributed by atoms with Gasteiger partial charge in [0.15, 0.2) is 11.6 Å². The summed E-state index contributed by atoms with van der Waals surface area (Å²) in [5, 5.41) is 8.88. The van der Waals surface area contributed by atoms with E-state index in [9.17, 15) is 4.79 Å². The zero-order valence-electron chi connectivity index (χ0n) is 9.30. The maximum Gasteiger partial charge on any atom is 0.337 e. The molecular formula is C11H14N2O3. The predicted molar refractivity (Wildman–Crippen MR) is 59.2 cm³/mol. The number of hydrogen-bond donors (Lipinski definition) is 1. The minimum Gasteiger partial charge on any atom is -0.487 e. The molecule has 0 radical (unpaired) electrons. The lowest BCUT2D eigenvalue weighted by molar-refractivity contribution is 0.0696. The van der Waals surface area contributed by atoms with Gasteiger partial charge in [0.05, 0.1) is 11.7 Å². The van der Waals surface area contributed by atoms with Crippen LogP contribution in [0.25, 0.3) is 0 Å². The Labute approximate surface area is 93.7 Å². The van der Waals surface area contributed by atoms with Gasteiger partial charge in [0.25, 0.3) is 0 Å². The first kappa shape index (κ1) is 10.7. The molecule has 0 spiro atoms. The number of ether oxygens (including phenoxy) is 1. The van der Waals surface area contributed by atoms with Crippen LogP contribution in [0.4, 0.5) is 5.82 Å². The molecule has 1 heterocycles. The summed E-state index contributed by atoms with van der Waals surface area (Å²) in [6.07, 6.45) is 3.63. The fourth-order valence-electron chi connectivity index (χ4n) is 1.34. The number of aromatic carboxylic acids is 1. The maximum absolute atomic E-state index is 10.8. The van der Waals surface area contributed by atoms with Gasteiger partial charge in [-0.05, 0) is 12.8 Å². The van der Waals surface area contributed by atoms with E-state index in [1.165, 1.54) is 12.3 Å². The van der Waals surface area contributed by atoms with E-state index >= 15 is 0 Å². The zero-order valence-corrected chi connectivity index (χ0v) is 9.30. The molecule has 1 N–H and O–H groups in total. The van der Waals surface area contributed by atoms with Crippen LogP contribution in [-0.2, 0) is 0 Å². The molecule has 1 aliphatic rings. The molecule has 16 heavy (non-hydrogen) atoms. The summed E-state index contributed by atoms with van der Waals surface area (Å²) in [5.74, 6) is 0.225. The highest BCUT2D eigenvalue weighted by Crippen LogP contribution is 2.32. The van der Waals surface area contributed by atoms with Gasteiger partial charge >= 0.3 is 5.97 Å². The van der Waals surface area contributed by atoms with Gasteiger partial charge < -0.3 is 14.7 Å². The number of pyridine rings is 1. The molecule has 0 aromatic carbocycles. The molecule has 0 unspecified atom stereocenters. The van der Waals surface area contributed by atoms with Gasteiger partial charge in [0.1, 0.15) is 0 Å².